The molecular formula is C15H19NO4. The number of carbonyl (C=O) groups is 2. The van der Waals surface area contributed by atoms with Gasteiger partial charge in [-0.15, -0.1) is 0 Å². The van der Waals surface area contributed by atoms with Crippen LogP contribution in [0.1, 0.15) is 30.4 Å². The SMILES string of the molecule is Cc1cccc(C(C)C2(OC(=O)CN)CC2C(=O)O)c1. The highest BCUT2D eigenvalue weighted by Gasteiger charge is 2.65. The van der Waals surface area contributed by atoms with Gasteiger partial charge in [0.15, 0.2) is 0 Å². The first-order chi connectivity index (χ1) is 9.40. The molecule has 1 aromatic carbocycles. The first kappa shape index (κ1) is 14.5. The van der Waals surface area contributed by atoms with Crippen LogP contribution in [0.15, 0.2) is 24.3 Å². The average molecular weight is 277 g/mol. The predicted molar refractivity (Wildman–Crippen MR) is 73.2 cm³/mol. The summed E-state index contributed by atoms with van der Waals surface area (Å²) in [4.78, 5) is 22.7. The van der Waals surface area contributed by atoms with Crippen molar-refractivity contribution in [1.82, 2.24) is 0 Å². The van der Waals surface area contributed by atoms with E-state index in [1.807, 2.05) is 38.1 Å². The summed E-state index contributed by atoms with van der Waals surface area (Å²) in [5.41, 5.74) is 6.36. The number of carboxylic acids is 1. The smallest absolute Gasteiger partial charge is 0.320 e. The van der Waals surface area contributed by atoms with Gasteiger partial charge in [-0.3, -0.25) is 9.59 Å². The molecule has 5 nitrogen and oxygen atoms in total. The second-order valence-electron chi connectivity index (χ2n) is 5.36. The summed E-state index contributed by atoms with van der Waals surface area (Å²) < 4.78 is 5.38. The fraction of sp³-hybridized carbons (Fsp3) is 0.467. The third-order valence-corrected chi connectivity index (χ3v) is 4.00. The molecule has 1 aromatic rings. The molecule has 1 aliphatic carbocycles. The highest BCUT2D eigenvalue weighted by Crippen LogP contribution is 2.56. The molecule has 1 saturated carbocycles. The Balaban J connectivity index is 2.28. The van der Waals surface area contributed by atoms with E-state index in [2.05, 4.69) is 0 Å². The van der Waals surface area contributed by atoms with Gasteiger partial charge in [-0.05, 0) is 12.5 Å². The standard InChI is InChI=1S/C15H19NO4/c1-9-4-3-5-11(6-9)10(2)15(20-13(17)8-16)7-12(15)14(18)19/h3-6,10,12H,7-8,16H2,1-2H3,(H,18,19). The minimum atomic E-state index is -0.962. The van der Waals surface area contributed by atoms with Crippen LogP contribution in [-0.2, 0) is 14.3 Å². The third-order valence-electron chi connectivity index (χ3n) is 4.00. The minimum absolute atomic E-state index is 0.181. The lowest BCUT2D eigenvalue weighted by Crippen LogP contribution is -2.33. The molecule has 0 saturated heterocycles. The first-order valence-corrected chi connectivity index (χ1v) is 6.62. The molecule has 3 atom stereocenters. The molecule has 2 rings (SSSR count). The molecule has 1 fully saturated rings. The molecule has 0 spiro atoms. The monoisotopic (exact) mass is 277 g/mol. The summed E-state index contributed by atoms with van der Waals surface area (Å²) in [5.74, 6) is -2.34. The Labute approximate surface area is 117 Å². The number of benzene rings is 1. The molecule has 5 heteroatoms. The van der Waals surface area contributed by atoms with Crippen LogP contribution in [0.3, 0.4) is 0 Å². The van der Waals surface area contributed by atoms with Crippen LogP contribution in [0.4, 0.5) is 0 Å². The van der Waals surface area contributed by atoms with E-state index in [0.717, 1.165) is 11.1 Å². The highest BCUT2D eigenvalue weighted by molar-refractivity contribution is 5.79. The number of carbonyl (C=O) groups excluding carboxylic acids is 1. The molecule has 0 radical (unpaired) electrons. The summed E-state index contributed by atoms with van der Waals surface area (Å²) in [6, 6.07) is 7.79. The first-order valence-electron chi connectivity index (χ1n) is 6.62. The molecule has 20 heavy (non-hydrogen) atoms. The van der Waals surface area contributed by atoms with E-state index in [9.17, 15) is 14.7 Å². The summed E-state index contributed by atoms with van der Waals surface area (Å²) in [6.07, 6.45) is 0.336. The highest BCUT2D eigenvalue weighted by atomic mass is 16.6. The van der Waals surface area contributed by atoms with Gasteiger partial charge in [0.25, 0.3) is 0 Å². The Morgan fingerprint density at radius 1 is 1.55 bits per heavy atom. The number of hydrogen-bond acceptors (Lipinski definition) is 4. The largest absolute Gasteiger partial charge is 0.481 e. The molecule has 1 aliphatic rings. The molecular weight excluding hydrogens is 258 g/mol. The van der Waals surface area contributed by atoms with Crippen LogP contribution in [0.5, 0.6) is 0 Å². The van der Waals surface area contributed by atoms with Gasteiger partial charge in [0.2, 0.25) is 0 Å². The zero-order valence-electron chi connectivity index (χ0n) is 11.6. The number of aryl methyl sites for hydroxylation is 1. The van der Waals surface area contributed by atoms with E-state index >= 15 is 0 Å². The maximum Gasteiger partial charge on any atom is 0.320 e. The van der Waals surface area contributed by atoms with Crippen molar-refractivity contribution in [2.75, 3.05) is 6.54 Å². The maximum absolute atomic E-state index is 11.5. The van der Waals surface area contributed by atoms with Crippen molar-refractivity contribution < 1.29 is 19.4 Å². The van der Waals surface area contributed by atoms with Crippen molar-refractivity contribution >= 4 is 11.9 Å². The summed E-state index contributed by atoms with van der Waals surface area (Å²) >= 11 is 0. The number of hydrogen-bond donors (Lipinski definition) is 2. The van der Waals surface area contributed by atoms with Gasteiger partial charge in [0.1, 0.15) is 11.5 Å². The lowest BCUT2D eigenvalue weighted by Gasteiger charge is -2.25. The molecule has 0 aliphatic heterocycles. The molecule has 0 heterocycles. The van der Waals surface area contributed by atoms with Crippen LogP contribution in [0.2, 0.25) is 0 Å². The van der Waals surface area contributed by atoms with Crippen LogP contribution in [-0.4, -0.2) is 29.2 Å². The van der Waals surface area contributed by atoms with Gasteiger partial charge in [0, 0.05) is 12.3 Å². The normalized spacial score (nSPS) is 25.9. The number of rotatable bonds is 5. The van der Waals surface area contributed by atoms with Crippen molar-refractivity contribution in [2.45, 2.75) is 31.8 Å². The lowest BCUT2D eigenvalue weighted by molar-refractivity contribution is -0.154. The predicted octanol–water partition coefficient (Wildman–Crippen LogP) is 1.44. The van der Waals surface area contributed by atoms with E-state index in [0.29, 0.717) is 6.42 Å². The third kappa shape index (κ3) is 2.54. The van der Waals surface area contributed by atoms with E-state index in [1.54, 1.807) is 0 Å². The Bertz CT molecular complexity index is 542. The zero-order valence-corrected chi connectivity index (χ0v) is 11.6. The summed E-state index contributed by atoms with van der Waals surface area (Å²) in [6.45, 7) is 3.62. The Hall–Kier alpha value is -1.88. The quantitative estimate of drug-likeness (QED) is 0.795. The molecule has 3 unspecified atom stereocenters. The van der Waals surface area contributed by atoms with Gasteiger partial charge < -0.3 is 15.6 Å². The van der Waals surface area contributed by atoms with Gasteiger partial charge in [0.05, 0.1) is 6.54 Å². The summed E-state index contributed by atoms with van der Waals surface area (Å²) in [7, 11) is 0. The molecule has 108 valence electrons. The van der Waals surface area contributed by atoms with Crippen LogP contribution >= 0.6 is 0 Å². The van der Waals surface area contributed by atoms with Gasteiger partial charge in [-0.1, -0.05) is 36.8 Å². The minimum Gasteiger partial charge on any atom is -0.481 e. The van der Waals surface area contributed by atoms with E-state index in [4.69, 9.17) is 10.5 Å². The zero-order chi connectivity index (χ0) is 14.9. The van der Waals surface area contributed by atoms with Gasteiger partial charge >= 0.3 is 11.9 Å². The number of ether oxygens (including phenoxy) is 1. The fourth-order valence-electron chi connectivity index (χ4n) is 2.71. The number of aliphatic carboxylic acids is 1. The van der Waals surface area contributed by atoms with Crippen LogP contribution in [0.25, 0.3) is 0 Å². The lowest BCUT2D eigenvalue weighted by atomic mass is 9.90. The Morgan fingerprint density at radius 2 is 2.25 bits per heavy atom. The number of carboxylic acid groups (broad SMARTS) is 1. The Kier molecular flexibility index (Phi) is 3.81. The molecule has 0 amide bonds. The van der Waals surface area contributed by atoms with Crippen molar-refractivity contribution in [1.29, 1.82) is 0 Å². The van der Waals surface area contributed by atoms with Crippen LogP contribution < -0.4 is 5.73 Å². The Morgan fingerprint density at radius 3 is 2.75 bits per heavy atom. The second-order valence-corrected chi connectivity index (χ2v) is 5.36. The average Bonchev–Trinajstić information content (AvgIpc) is 3.13. The molecule has 3 N–H and O–H groups in total. The molecule has 0 aromatic heterocycles. The maximum atomic E-state index is 11.5. The van der Waals surface area contributed by atoms with Crippen molar-refractivity contribution in [3.63, 3.8) is 0 Å². The fourth-order valence-corrected chi connectivity index (χ4v) is 2.71. The van der Waals surface area contributed by atoms with Gasteiger partial charge in [-0.25, -0.2) is 0 Å². The second kappa shape index (κ2) is 5.25. The number of nitrogens with two attached hydrogens (primary N) is 1. The number of esters is 1. The van der Waals surface area contributed by atoms with Crippen LogP contribution in [0, 0.1) is 12.8 Å². The van der Waals surface area contributed by atoms with E-state index in [-0.39, 0.29) is 12.5 Å². The van der Waals surface area contributed by atoms with E-state index in [1.165, 1.54) is 0 Å². The topological polar surface area (TPSA) is 89.6 Å². The summed E-state index contributed by atoms with van der Waals surface area (Å²) in [5, 5.41) is 9.20. The van der Waals surface area contributed by atoms with Crippen molar-refractivity contribution in [2.24, 2.45) is 11.7 Å². The van der Waals surface area contributed by atoms with E-state index < -0.39 is 23.5 Å². The van der Waals surface area contributed by atoms with Crippen molar-refractivity contribution in [3.05, 3.63) is 35.4 Å². The van der Waals surface area contributed by atoms with Crippen molar-refractivity contribution in [3.8, 4) is 0 Å². The molecule has 0 bridgehead atoms. The van der Waals surface area contributed by atoms with Gasteiger partial charge in [-0.2, -0.15) is 0 Å².